The van der Waals surface area contributed by atoms with E-state index < -0.39 is 0 Å². The molecule has 0 bridgehead atoms. The van der Waals surface area contributed by atoms with Crippen LogP contribution in [0.15, 0.2) is 21.0 Å². The molecule has 0 spiro atoms. The number of hydrogen-bond acceptors (Lipinski definition) is 2. The van der Waals surface area contributed by atoms with Gasteiger partial charge in [0.05, 0.1) is 9.83 Å². The van der Waals surface area contributed by atoms with Gasteiger partial charge in [-0.2, -0.15) is 0 Å². The molecule has 0 aliphatic carbocycles. The van der Waals surface area contributed by atoms with Crippen molar-refractivity contribution in [2.75, 3.05) is 0 Å². The first-order valence-electron chi connectivity index (χ1n) is 3.03. The first-order valence-corrected chi connectivity index (χ1v) is 4.64. The van der Waals surface area contributed by atoms with E-state index in [0.717, 1.165) is 8.66 Å². The Hall–Kier alpha value is -0.510. The maximum atomic E-state index is 8.16. The minimum Gasteiger partial charge on any atom is -0.133 e. The van der Waals surface area contributed by atoms with Crippen LogP contribution in [0.1, 0.15) is 17.8 Å². The Morgan fingerprint density at radius 3 is 2.91 bits per heavy atom. The average Bonchev–Trinajstić information content (AvgIpc) is 2.36. The third kappa shape index (κ3) is 2.22. The van der Waals surface area contributed by atoms with Gasteiger partial charge in [-0.1, -0.05) is 12.0 Å². The first kappa shape index (κ1) is 8.59. The van der Waals surface area contributed by atoms with E-state index in [9.17, 15) is 0 Å². The van der Waals surface area contributed by atoms with Gasteiger partial charge in [-0.3, -0.25) is 0 Å². The van der Waals surface area contributed by atoms with E-state index in [1.165, 1.54) is 0 Å². The monoisotopic (exact) mass is 231 g/mol. The van der Waals surface area contributed by atoms with Crippen molar-refractivity contribution in [2.24, 2.45) is 5.11 Å². The third-order valence-corrected chi connectivity index (χ3v) is 3.02. The minimum absolute atomic E-state index is 0.0590. The Morgan fingerprint density at radius 2 is 2.45 bits per heavy atom. The van der Waals surface area contributed by atoms with Crippen LogP contribution < -0.4 is 0 Å². The summed E-state index contributed by atoms with van der Waals surface area (Å²) in [6, 6.07) is 3.84. The van der Waals surface area contributed by atoms with Gasteiger partial charge in [0.2, 0.25) is 0 Å². The van der Waals surface area contributed by atoms with Crippen LogP contribution in [0.25, 0.3) is 10.4 Å². The van der Waals surface area contributed by atoms with E-state index in [1.54, 1.807) is 11.3 Å². The zero-order chi connectivity index (χ0) is 8.27. The Labute approximate surface area is 76.8 Å². The highest BCUT2D eigenvalue weighted by Gasteiger charge is 2.04. The fourth-order valence-corrected chi connectivity index (χ4v) is 2.10. The van der Waals surface area contributed by atoms with Gasteiger partial charge in [0, 0.05) is 9.79 Å². The molecular weight excluding hydrogens is 226 g/mol. The van der Waals surface area contributed by atoms with Crippen LogP contribution >= 0.6 is 27.3 Å². The Kier molecular flexibility index (Phi) is 2.93. The molecule has 0 saturated carbocycles. The number of rotatable bonds is 2. The lowest BCUT2D eigenvalue weighted by atomic mass is 10.3. The van der Waals surface area contributed by atoms with Gasteiger partial charge in [-0.15, -0.1) is 11.3 Å². The van der Waals surface area contributed by atoms with Crippen LogP contribution in [-0.4, -0.2) is 0 Å². The average molecular weight is 232 g/mol. The molecular formula is C6H6BrN3S. The summed E-state index contributed by atoms with van der Waals surface area (Å²) in [6.45, 7) is 1.87. The fraction of sp³-hybridized carbons (Fsp3) is 0.333. The van der Waals surface area contributed by atoms with Gasteiger partial charge in [-0.25, -0.2) is 0 Å². The highest BCUT2D eigenvalue weighted by Crippen LogP contribution is 2.28. The molecule has 1 atom stereocenters. The number of nitrogens with zero attached hydrogens (tertiary/aromatic N) is 3. The Morgan fingerprint density at radius 1 is 1.73 bits per heavy atom. The predicted molar refractivity (Wildman–Crippen MR) is 49.6 cm³/mol. The molecule has 0 amide bonds. The van der Waals surface area contributed by atoms with Crippen LogP contribution in [0.5, 0.6) is 0 Å². The molecule has 58 valence electrons. The maximum Gasteiger partial charge on any atom is 0.0701 e. The van der Waals surface area contributed by atoms with Crippen LogP contribution in [0.3, 0.4) is 0 Å². The lowest BCUT2D eigenvalue weighted by Crippen LogP contribution is -1.79. The maximum absolute atomic E-state index is 8.16. The Balaban J connectivity index is 2.84. The normalized spacial score (nSPS) is 12.2. The summed E-state index contributed by atoms with van der Waals surface area (Å²) in [6.07, 6.45) is 0. The quantitative estimate of drug-likeness (QED) is 0.422. The summed E-state index contributed by atoms with van der Waals surface area (Å²) in [5.74, 6) is 0. The number of azide groups is 1. The lowest BCUT2D eigenvalue weighted by Gasteiger charge is -1.96. The summed E-state index contributed by atoms with van der Waals surface area (Å²) < 4.78 is 1.06. The topological polar surface area (TPSA) is 48.8 Å². The fourth-order valence-electron chi connectivity index (χ4n) is 0.687. The van der Waals surface area contributed by atoms with Gasteiger partial charge in [0.1, 0.15) is 0 Å². The molecule has 11 heavy (non-hydrogen) atoms. The number of halogens is 1. The SMILES string of the molecule is C[C@H](N=[N+]=[N-])c1ccc(Br)s1. The zero-order valence-corrected chi connectivity index (χ0v) is 8.26. The van der Waals surface area contributed by atoms with Crippen molar-refractivity contribution in [2.45, 2.75) is 13.0 Å². The summed E-state index contributed by atoms with van der Waals surface area (Å²) in [4.78, 5) is 3.82. The summed E-state index contributed by atoms with van der Waals surface area (Å²) >= 11 is 4.92. The van der Waals surface area contributed by atoms with Crippen molar-refractivity contribution in [3.05, 3.63) is 31.2 Å². The van der Waals surface area contributed by atoms with Crippen molar-refractivity contribution in [1.82, 2.24) is 0 Å². The second-order valence-corrected chi connectivity index (χ2v) is 4.52. The number of thiophene rings is 1. The summed E-state index contributed by atoms with van der Waals surface area (Å²) in [5, 5.41) is 3.58. The van der Waals surface area contributed by atoms with Crippen LogP contribution in [0.2, 0.25) is 0 Å². The Bertz CT molecular complexity index is 290. The molecule has 0 aliphatic rings. The van der Waals surface area contributed by atoms with Crippen molar-refractivity contribution in [3.63, 3.8) is 0 Å². The largest absolute Gasteiger partial charge is 0.133 e. The minimum atomic E-state index is -0.0590. The predicted octanol–water partition coefficient (Wildman–Crippen LogP) is 3.88. The van der Waals surface area contributed by atoms with Crippen LogP contribution in [0, 0.1) is 0 Å². The highest BCUT2D eigenvalue weighted by molar-refractivity contribution is 9.11. The lowest BCUT2D eigenvalue weighted by molar-refractivity contribution is 0.827. The van der Waals surface area contributed by atoms with Crippen LogP contribution in [-0.2, 0) is 0 Å². The first-order chi connectivity index (χ1) is 5.24. The van der Waals surface area contributed by atoms with Crippen molar-refractivity contribution >= 4 is 27.3 Å². The second kappa shape index (κ2) is 3.76. The van der Waals surface area contributed by atoms with Gasteiger partial charge < -0.3 is 0 Å². The van der Waals surface area contributed by atoms with Gasteiger partial charge in [0.25, 0.3) is 0 Å². The van der Waals surface area contributed by atoms with E-state index in [-0.39, 0.29) is 6.04 Å². The molecule has 0 saturated heterocycles. The van der Waals surface area contributed by atoms with Gasteiger partial charge >= 0.3 is 0 Å². The van der Waals surface area contributed by atoms with E-state index in [1.807, 2.05) is 19.1 Å². The molecule has 1 heterocycles. The molecule has 0 fully saturated rings. The molecule has 1 aromatic heterocycles. The molecule has 0 N–H and O–H groups in total. The number of hydrogen-bond donors (Lipinski definition) is 0. The van der Waals surface area contributed by atoms with Gasteiger partial charge in [-0.05, 0) is 33.6 Å². The standard InChI is InChI=1S/C6H6BrN3S/c1-4(9-10-8)5-2-3-6(7)11-5/h2-4H,1H3/t4-/m0/s1. The highest BCUT2D eigenvalue weighted by atomic mass is 79.9. The summed E-state index contributed by atoms with van der Waals surface area (Å²) in [5.41, 5.74) is 8.16. The van der Waals surface area contributed by atoms with Crippen molar-refractivity contribution in [1.29, 1.82) is 0 Å². The molecule has 0 radical (unpaired) electrons. The molecule has 5 heteroatoms. The van der Waals surface area contributed by atoms with E-state index in [4.69, 9.17) is 5.53 Å². The zero-order valence-electron chi connectivity index (χ0n) is 5.86. The van der Waals surface area contributed by atoms with Crippen molar-refractivity contribution < 1.29 is 0 Å². The van der Waals surface area contributed by atoms with E-state index in [0.29, 0.717) is 0 Å². The molecule has 0 aliphatic heterocycles. The van der Waals surface area contributed by atoms with Crippen molar-refractivity contribution in [3.8, 4) is 0 Å². The van der Waals surface area contributed by atoms with Crippen LogP contribution in [0.4, 0.5) is 0 Å². The smallest absolute Gasteiger partial charge is 0.0701 e. The second-order valence-electron chi connectivity index (χ2n) is 2.02. The molecule has 1 aromatic rings. The molecule has 1 rings (SSSR count). The molecule has 0 aromatic carbocycles. The van der Waals surface area contributed by atoms with Gasteiger partial charge in [0.15, 0.2) is 0 Å². The third-order valence-electron chi connectivity index (χ3n) is 1.23. The summed E-state index contributed by atoms with van der Waals surface area (Å²) in [7, 11) is 0. The van der Waals surface area contributed by atoms with E-state index >= 15 is 0 Å². The van der Waals surface area contributed by atoms with E-state index in [2.05, 4.69) is 26.0 Å². The molecule has 3 nitrogen and oxygen atoms in total. The molecule has 0 unspecified atom stereocenters.